The molecular formula is C10H17N3O3S. The standard InChI is InChI=1S/C10H17N3O3S/c1-11-5-4-9-12-10(16-13-9)8-3-2-6-17(14,15)7-8/h8,11H,2-7H2,1H3. The van der Waals surface area contributed by atoms with E-state index in [4.69, 9.17) is 4.52 Å². The summed E-state index contributed by atoms with van der Waals surface area (Å²) in [5.74, 6) is 1.41. The molecule has 1 aromatic heterocycles. The summed E-state index contributed by atoms with van der Waals surface area (Å²) in [7, 11) is -1.07. The van der Waals surface area contributed by atoms with Gasteiger partial charge in [0.15, 0.2) is 15.7 Å². The lowest BCUT2D eigenvalue weighted by atomic mass is 10.1. The predicted molar refractivity (Wildman–Crippen MR) is 62.6 cm³/mol. The molecule has 96 valence electrons. The smallest absolute Gasteiger partial charge is 0.230 e. The first kappa shape index (κ1) is 12.5. The van der Waals surface area contributed by atoms with Crippen molar-refractivity contribution in [3.8, 4) is 0 Å². The molecule has 0 amide bonds. The largest absolute Gasteiger partial charge is 0.339 e. The van der Waals surface area contributed by atoms with Crippen molar-refractivity contribution in [3.63, 3.8) is 0 Å². The molecule has 0 saturated carbocycles. The van der Waals surface area contributed by atoms with E-state index in [1.165, 1.54) is 0 Å². The molecule has 1 unspecified atom stereocenters. The highest BCUT2D eigenvalue weighted by Gasteiger charge is 2.29. The number of hydrogen-bond donors (Lipinski definition) is 1. The van der Waals surface area contributed by atoms with Gasteiger partial charge in [-0.15, -0.1) is 0 Å². The third-order valence-corrected chi connectivity index (χ3v) is 4.72. The molecule has 2 rings (SSSR count). The molecule has 1 aromatic rings. The molecular weight excluding hydrogens is 242 g/mol. The number of aromatic nitrogens is 2. The molecule has 0 spiro atoms. The van der Waals surface area contributed by atoms with Crippen molar-refractivity contribution < 1.29 is 12.9 Å². The van der Waals surface area contributed by atoms with Crippen LogP contribution >= 0.6 is 0 Å². The minimum Gasteiger partial charge on any atom is -0.339 e. The van der Waals surface area contributed by atoms with Gasteiger partial charge in [-0.25, -0.2) is 8.42 Å². The summed E-state index contributed by atoms with van der Waals surface area (Å²) in [4.78, 5) is 4.25. The van der Waals surface area contributed by atoms with Crippen molar-refractivity contribution in [2.75, 3.05) is 25.1 Å². The molecule has 6 nitrogen and oxygen atoms in total. The van der Waals surface area contributed by atoms with Crippen LogP contribution in [0.5, 0.6) is 0 Å². The van der Waals surface area contributed by atoms with Gasteiger partial charge in [0.05, 0.1) is 17.4 Å². The highest BCUT2D eigenvalue weighted by Crippen LogP contribution is 2.26. The third kappa shape index (κ3) is 3.26. The van der Waals surface area contributed by atoms with Crippen molar-refractivity contribution in [2.24, 2.45) is 0 Å². The second-order valence-corrected chi connectivity index (χ2v) is 6.58. The summed E-state index contributed by atoms with van der Waals surface area (Å²) in [6.45, 7) is 0.780. The zero-order valence-corrected chi connectivity index (χ0v) is 10.7. The van der Waals surface area contributed by atoms with E-state index in [0.29, 0.717) is 24.6 Å². The number of nitrogens with zero attached hydrogens (tertiary/aromatic N) is 2. The minimum absolute atomic E-state index is 0.121. The molecule has 0 aliphatic carbocycles. The predicted octanol–water partition coefficient (Wildman–Crippen LogP) is 0.124. The van der Waals surface area contributed by atoms with Crippen molar-refractivity contribution in [1.82, 2.24) is 15.5 Å². The molecule has 7 heteroatoms. The Labute approximate surface area is 101 Å². The number of sulfone groups is 1. The lowest BCUT2D eigenvalue weighted by molar-refractivity contribution is 0.346. The topological polar surface area (TPSA) is 85.1 Å². The van der Waals surface area contributed by atoms with Gasteiger partial charge in [0.25, 0.3) is 0 Å². The van der Waals surface area contributed by atoms with Crippen molar-refractivity contribution in [3.05, 3.63) is 11.7 Å². The summed E-state index contributed by atoms with van der Waals surface area (Å²) in [6.07, 6.45) is 2.19. The Bertz CT molecular complexity index is 469. The van der Waals surface area contributed by atoms with Crippen LogP contribution in [-0.4, -0.2) is 43.7 Å². The summed E-state index contributed by atoms with van der Waals surface area (Å²) in [5.41, 5.74) is 0. The number of rotatable bonds is 4. The van der Waals surface area contributed by atoms with E-state index >= 15 is 0 Å². The van der Waals surface area contributed by atoms with E-state index in [9.17, 15) is 8.42 Å². The first-order valence-electron chi connectivity index (χ1n) is 5.78. The average molecular weight is 259 g/mol. The number of nitrogens with one attached hydrogen (secondary N) is 1. The SMILES string of the molecule is CNCCc1noc(C2CCCS(=O)(=O)C2)n1. The van der Waals surface area contributed by atoms with Gasteiger partial charge < -0.3 is 9.84 Å². The molecule has 1 saturated heterocycles. The molecule has 1 atom stereocenters. The summed E-state index contributed by atoms with van der Waals surface area (Å²) in [6, 6.07) is 0. The Morgan fingerprint density at radius 1 is 1.53 bits per heavy atom. The van der Waals surface area contributed by atoms with Crippen LogP contribution in [0.15, 0.2) is 4.52 Å². The van der Waals surface area contributed by atoms with E-state index in [1.807, 2.05) is 7.05 Å². The normalized spacial score (nSPS) is 23.7. The highest BCUT2D eigenvalue weighted by atomic mass is 32.2. The maximum atomic E-state index is 11.5. The molecule has 0 bridgehead atoms. The summed E-state index contributed by atoms with van der Waals surface area (Å²) >= 11 is 0. The average Bonchev–Trinajstić information content (AvgIpc) is 2.73. The highest BCUT2D eigenvalue weighted by molar-refractivity contribution is 7.91. The maximum Gasteiger partial charge on any atom is 0.230 e. The van der Waals surface area contributed by atoms with Crippen molar-refractivity contribution in [1.29, 1.82) is 0 Å². The molecule has 0 aromatic carbocycles. The van der Waals surface area contributed by atoms with E-state index in [2.05, 4.69) is 15.5 Å². The zero-order chi connectivity index (χ0) is 12.3. The summed E-state index contributed by atoms with van der Waals surface area (Å²) in [5, 5.41) is 6.86. The molecule has 1 fully saturated rings. The maximum absolute atomic E-state index is 11.5. The zero-order valence-electron chi connectivity index (χ0n) is 9.85. The molecule has 1 aliphatic rings. The Kier molecular flexibility index (Phi) is 3.78. The van der Waals surface area contributed by atoms with Gasteiger partial charge in [0.1, 0.15) is 0 Å². The molecule has 1 aliphatic heterocycles. The molecule has 0 radical (unpaired) electrons. The van der Waals surface area contributed by atoms with Crippen LogP contribution in [0, 0.1) is 0 Å². The van der Waals surface area contributed by atoms with Crippen LogP contribution in [-0.2, 0) is 16.3 Å². The Morgan fingerprint density at radius 2 is 2.35 bits per heavy atom. The van der Waals surface area contributed by atoms with Crippen LogP contribution in [0.4, 0.5) is 0 Å². The van der Waals surface area contributed by atoms with Gasteiger partial charge in [0, 0.05) is 13.0 Å². The molecule has 1 N–H and O–H groups in total. The molecule has 17 heavy (non-hydrogen) atoms. The van der Waals surface area contributed by atoms with Crippen LogP contribution in [0.3, 0.4) is 0 Å². The second kappa shape index (κ2) is 5.14. The molecule has 2 heterocycles. The van der Waals surface area contributed by atoms with E-state index in [-0.39, 0.29) is 17.4 Å². The summed E-state index contributed by atoms with van der Waals surface area (Å²) < 4.78 is 28.2. The third-order valence-electron chi connectivity index (χ3n) is 2.89. The van der Waals surface area contributed by atoms with Gasteiger partial charge in [0.2, 0.25) is 5.89 Å². The van der Waals surface area contributed by atoms with Gasteiger partial charge in [-0.05, 0) is 19.9 Å². The lowest BCUT2D eigenvalue weighted by Crippen LogP contribution is -2.23. The van der Waals surface area contributed by atoms with Gasteiger partial charge >= 0.3 is 0 Å². The Balaban J connectivity index is 2.04. The first-order chi connectivity index (χ1) is 8.11. The quantitative estimate of drug-likeness (QED) is 0.827. The Morgan fingerprint density at radius 3 is 3.06 bits per heavy atom. The fourth-order valence-corrected chi connectivity index (χ4v) is 3.68. The minimum atomic E-state index is -2.93. The van der Waals surface area contributed by atoms with Crippen LogP contribution in [0.25, 0.3) is 0 Å². The van der Waals surface area contributed by atoms with E-state index < -0.39 is 9.84 Å². The fraction of sp³-hybridized carbons (Fsp3) is 0.800. The van der Waals surface area contributed by atoms with Gasteiger partial charge in [-0.2, -0.15) is 4.98 Å². The van der Waals surface area contributed by atoms with Crippen molar-refractivity contribution >= 4 is 9.84 Å². The van der Waals surface area contributed by atoms with Crippen LogP contribution in [0.1, 0.15) is 30.5 Å². The second-order valence-electron chi connectivity index (χ2n) is 4.36. The van der Waals surface area contributed by atoms with Gasteiger partial charge in [-0.3, -0.25) is 0 Å². The van der Waals surface area contributed by atoms with Gasteiger partial charge in [-0.1, -0.05) is 5.16 Å². The van der Waals surface area contributed by atoms with Crippen molar-refractivity contribution in [2.45, 2.75) is 25.2 Å². The fourth-order valence-electron chi connectivity index (χ4n) is 1.99. The van der Waals surface area contributed by atoms with Crippen LogP contribution < -0.4 is 5.32 Å². The van der Waals surface area contributed by atoms with E-state index in [0.717, 1.165) is 13.0 Å². The lowest BCUT2D eigenvalue weighted by Gasteiger charge is -2.17. The number of likely N-dealkylation sites (N-methyl/N-ethyl adjacent to an activating group) is 1. The van der Waals surface area contributed by atoms with Crippen LogP contribution in [0.2, 0.25) is 0 Å². The van der Waals surface area contributed by atoms with E-state index in [1.54, 1.807) is 0 Å². The Hall–Kier alpha value is -0.950. The monoisotopic (exact) mass is 259 g/mol. The number of hydrogen-bond acceptors (Lipinski definition) is 6. The first-order valence-corrected chi connectivity index (χ1v) is 7.60.